The van der Waals surface area contributed by atoms with Gasteiger partial charge in [0.1, 0.15) is 13.2 Å². The lowest BCUT2D eigenvalue weighted by Crippen LogP contribution is -2.37. The van der Waals surface area contributed by atoms with Crippen LogP contribution in [0.2, 0.25) is 0 Å². The van der Waals surface area contributed by atoms with Gasteiger partial charge in [0.05, 0.1) is 6.04 Å². The van der Waals surface area contributed by atoms with Crippen LogP contribution in [0.5, 0.6) is 11.5 Å². The van der Waals surface area contributed by atoms with E-state index in [1.54, 1.807) is 0 Å². The molecule has 0 saturated heterocycles. The second kappa shape index (κ2) is 6.31. The molecular weight excluding hydrogens is 244 g/mol. The number of urea groups is 1. The first-order valence-electron chi connectivity index (χ1n) is 6.64. The van der Waals surface area contributed by atoms with Gasteiger partial charge < -0.3 is 20.1 Å². The van der Waals surface area contributed by atoms with Gasteiger partial charge in [-0.1, -0.05) is 13.0 Å². The zero-order valence-corrected chi connectivity index (χ0v) is 11.4. The fourth-order valence-corrected chi connectivity index (χ4v) is 1.90. The molecular formula is C14H20N2O3. The Morgan fingerprint density at radius 2 is 2.05 bits per heavy atom. The van der Waals surface area contributed by atoms with E-state index in [2.05, 4.69) is 10.6 Å². The molecule has 104 valence electrons. The highest BCUT2D eigenvalue weighted by molar-refractivity contribution is 5.74. The summed E-state index contributed by atoms with van der Waals surface area (Å²) in [4.78, 5) is 11.6. The summed E-state index contributed by atoms with van der Waals surface area (Å²) in [7, 11) is 0. The largest absolute Gasteiger partial charge is 0.486 e. The third-order valence-electron chi connectivity index (χ3n) is 2.95. The van der Waals surface area contributed by atoms with Crippen LogP contribution < -0.4 is 20.1 Å². The van der Waals surface area contributed by atoms with Crippen LogP contribution in [0.3, 0.4) is 0 Å². The lowest BCUT2D eigenvalue weighted by atomic mass is 10.1. The van der Waals surface area contributed by atoms with Gasteiger partial charge in [-0.15, -0.1) is 0 Å². The third kappa shape index (κ3) is 3.53. The van der Waals surface area contributed by atoms with E-state index < -0.39 is 0 Å². The molecule has 0 radical (unpaired) electrons. The summed E-state index contributed by atoms with van der Waals surface area (Å²) in [5, 5.41) is 5.68. The Labute approximate surface area is 113 Å². The van der Waals surface area contributed by atoms with Crippen LogP contribution >= 0.6 is 0 Å². The highest BCUT2D eigenvalue weighted by Crippen LogP contribution is 2.32. The fourth-order valence-electron chi connectivity index (χ4n) is 1.90. The second-order valence-corrected chi connectivity index (χ2v) is 4.53. The number of hydrogen-bond donors (Lipinski definition) is 2. The van der Waals surface area contributed by atoms with Crippen molar-refractivity contribution in [2.45, 2.75) is 26.3 Å². The highest BCUT2D eigenvalue weighted by Gasteiger charge is 2.15. The van der Waals surface area contributed by atoms with Crippen LogP contribution in [0.1, 0.15) is 31.9 Å². The fraction of sp³-hybridized carbons (Fsp3) is 0.500. The van der Waals surface area contributed by atoms with Gasteiger partial charge in [-0.2, -0.15) is 0 Å². The van der Waals surface area contributed by atoms with Gasteiger partial charge in [-0.25, -0.2) is 4.79 Å². The second-order valence-electron chi connectivity index (χ2n) is 4.53. The number of rotatable bonds is 4. The Kier molecular flexibility index (Phi) is 4.49. The SMILES string of the molecule is CCCNC(=O)N[C@H](C)c1ccc2c(c1)OCCO2. The quantitative estimate of drug-likeness (QED) is 0.876. The molecule has 0 bridgehead atoms. The molecule has 0 aliphatic carbocycles. The number of carbonyl (C=O) groups is 1. The molecule has 0 spiro atoms. The Bertz CT molecular complexity index is 448. The van der Waals surface area contributed by atoms with Crippen LogP contribution in [0, 0.1) is 0 Å². The average molecular weight is 264 g/mol. The van der Waals surface area contributed by atoms with E-state index in [0.717, 1.165) is 23.5 Å². The highest BCUT2D eigenvalue weighted by atomic mass is 16.6. The molecule has 1 atom stereocenters. The van der Waals surface area contributed by atoms with Crippen LogP contribution in [0.4, 0.5) is 4.79 Å². The van der Waals surface area contributed by atoms with Crippen molar-refractivity contribution < 1.29 is 14.3 Å². The van der Waals surface area contributed by atoms with Gasteiger partial charge in [-0.3, -0.25) is 0 Å². The van der Waals surface area contributed by atoms with Gasteiger partial charge in [0.15, 0.2) is 11.5 Å². The van der Waals surface area contributed by atoms with Crippen molar-refractivity contribution in [1.29, 1.82) is 0 Å². The Hall–Kier alpha value is -1.91. The lowest BCUT2D eigenvalue weighted by molar-refractivity contribution is 0.171. The zero-order valence-electron chi connectivity index (χ0n) is 11.4. The number of nitrogens with one attached hydrogen (secondary N) is 2. The summed E-state index contributed by atoms with van der Waals surface area (Å²) in [5.74, 6) is 1.50. The van der Waals surface area contributed by atoms with Crippen molar-refractivity contribution in [2.24, 2.45) is 0 Å². The number of carbonyl (C=O) groups excluding carboxylic acids is 1. The number of benzene rings is 1. The number of fused-ring (bicyclic) bond motifs is 1. The van der Waals surface area contributed by atoms with Gasteiger partial charge in [0.2, 0.25) is 0 Å². The van der Waals surface area contributed by atoms with E-state index >= 15 is 0 Å². The minimum Gasteiger partial charge on any atom is -0.486 e. The summed E-state index contributed by atoms with van der Waals surface area (Å²) in [6.07, 6.45) is 0.922. The molecule has 1 aliphatic rings. The zero-order chi connectivity index (χ0) is 13.7. The van der Waals surface area contributed by atoms with E-state index in [1.807, 2.05) is 32.0 Å². The minimum absolute atomic E-state index is 0.0762. The molecule has 1 aliphatic heterocycles. The normalized spacial score (nSPS) is 14.6. The molecule has 0 unspecified atom stereocenters. The number of ether oxygens (including phenoxy) is 2. The van der Waals surface area contributed by atoms with Crippen molar-refractivity contribution in [2.75, 3.05) is 19.8 Å². The topological polar surface area (TPSA) is 59.6 Å². The molecule has 1 aromatic rings. The van der Waals surface area contributed by atoms with Crippen molar-refractivity contribution in [3.8, 4) is 11.5 Å². The minimum atomic E-state index is -0.149. The summed E-state index contributed by atoms with van der Waals surface area (Å²) in [6.45, 7) is 5.79. The smallest absolute Gasteiger partial charge is 0.315 e. The third-order valence-corrected chi connectivity index (χ3v) is 2.95. The summed E-state index contributed by atoms with van der Waals surface area (Å²) < 4.78 is 11.0. The first-order chi connectivity index (χ1) is 9.20. The van der Waals surface area contributed by atoms with Crippen LogP contribution in [-0.4, -0.2) is 25.8 Å². The van der Waals surface area contributed by atoms with Gasteiger partial charge in [0, 0.05) is 6.54 Å². The van der Waals surface area contributed by atoms with E-state index in [-0.39, 0.29) is 12.1 Å². The average Bonchev–Trinajstić information content (AvgIpc) is 2.44. The Morgan fingerprint density at radius 1 is 1.32 bits per heavy atom. The molecule has 5 heteroatoms. The van der Waals surface area contributed by atoms with Gasteiger partial charge >= 0.3 is 6.03 Å². The van der Waals surface area contributed by atoms with Crippen LogP contribution in [0.25, 0.3) is 0 Å². The molecule has 1 heterocycles. The van der Waals surface area contributed by atoms with Crippen molar-refractivity contribution >= 4 is 6.03 Å². The van der Waals surface area contributed by atoms with Crippen molar-refractivity contribution in [1.82, 2.24) is 10.6 Å². The standard InChI is InChI=1S/C14H20N2O3/c1-3-6-15-14(17)16-10(2)11-4-5-12-13(9-11)19-8-7-18-12/h4-5,9-10H,3,6-8H2,1-2H3,(H2,15,16,17)/t10-/m1/s1. The first-order valence-corrected chi connectivity index (χ1v) is 6.64. The molecule has 1 aromatic carbocycles. The van der Waals surface area contributed by atoms with Crippen LogP contribution in [-0.2, 0) is 0 Å². The molecule has 2 amide bonds. The summed E-state index contributed by atoms with van der Waals surface area (Å²) >= 11 is 0. The number of hydrogen-bond acceptors (Lipinski definition) is 3. The number of amides is 2. The van der Waals surface area contributed by atoms with E-state index in [1.165, 1.54) is 0 Å². The molecule has 2 N–H and O–H groups in total. The molecule has 0 saturated carbocycles. The molecule has 19 heavy (non-hydrogen) atoms. The maximum absolute atomic E-state index is 11.6. The van der Waals surface area contributed by atoms with E-state index in [0.29, 0.717) is 19.8 Å². The first kappa shape index (κ1) is 13.5. The van der Waals surface area contributed by atoms with E-state index in [9.17, 15) is 4.79 Å². The lowest BCUT2D eigenvalue weighted by Gasteiger charge is -2.21. The summed E-state index contributed by atoms with van der Waals surface area (Å²) in [5.41, 5.74) is 0.996. The van der Waals surface area contributed by atoms with E-state index in [4.69, 9.17) is 9.47 Å². The molecule has 2 rings (SSSR count). The van der Waals surface area contributed by atoms with Crippen molar-refractivity contribution in [3.05, 3.63) is 23.8 Å². The van der Waals surface area contributed by atoms with Crippen molar-refractivity contribution in [3.63, 3.8) is 0 Å². The van der Waals surface area contributed by atoms with Gasteiger partial charge in [0.25, 0.3) is 0 Å². The predicted molar refractivity (Wildman–Crippen MR) is 72.7 cm³/mol. The van der Waals surface area contributed by atoms with Gasteiger partial charge in [-0.05, 0) is 31.0 Å². The Balaban J connectivity index is 1.99. The molecule has 5 nitrogen and oxygen atoms in total. The van der Waals surface area contributed by atoms with Crippen LogP contribution in [0.15, 0.2) is 18.2 Å². The maximum atomic E-state index is 11.6. The predicted octanol–water partition coefficient (Wildman–Crippen LogP) is 2.23. The maximum Gasteiger partial charge on any atom is 0.315 e. The molecule has 0 aromatic heterocycles. The monoisotopic (exact) mass is 264 g/mol. The molecule has 0 fully saturated rings. The summed E-state index contributed by atoms with van der Waals surface area (Å²) in [6, 6.07) is 5.51. The Morgan fingerprint density at radius 3 is 2.79 bits per heavy atom.